The van der Waals surface area contributed by atoms with Crippen molar-refractivity contribution >= 4 is 86.0 Å². The Kier molecular flexibility index (Phi) is 16.5. The minimum Gasteiger partial charge on any atom is -0.481 e. The molecule has 0 radical (unpaired) electrons. The van der Waals surface area contributed by atoms with E-state index >= 15 is 0 Å². The van der Waals surface area contributed by atoms with E-state index in [9.17, 15) is 14.7 Å². The molecule has 0 amide bonds. The van der Waals surface area contributed by atoms with Crippen LogP contribution in [0.5, 0.6) is 0 Å². The van der Waals surface area contributed by atoms with Crippen LogP contribution in [0.15, 0.2) is 0 Å². The van der Waals surface area contributed by atoms with Gasteiger partial charge in [0.25, 0.3) is 0 Å². The number of thioether (sulfide) groups is 2. The number of carboxylic acid groups (broad SMARTS) is 2. The summed E-state index contributed by atoms with van der Waals surface area (Å²) in [6.45, 7) is 3.32. The number of aliphatic carboxylic acids is 2. The van der Waals surface area contributed by atoms with Gasteiger partial charge in [-0.1, -0.05) is 6.92 Å². The van der Waals surface area contributed by atoms with Gasteiger partial charge in [0.1, 0.15) is 0 Å². The van der Waals surface area contributed by atoms with E-state index in [1.807, 2.05) is 0 Å². The highest BCUT2D eigenvalue weighted by Crippen LogP contribution is 2.39. The van der Waals surface area contributed by atoms with Gasteiger partial charge in [-0.3, -0.25) is 4.79 Å². The van der Waals surface area contributed by atoms with Gasteiger partial charge in [-0.2, -0.15) is 50.5 Å². The molecule has 0 aromatic rings. The Morgan fingerprint density at radius 3 is 1.55 bits per heavy atom. The van der Waals surface area contributed by atoms with Gasteiger partial charge in [-0.15, -0.1) is 23.5 Å². The fraction of sp³-hybridized carbons (Fsp3) is 0.833. The largest absolute Gasteiger partial charge is 0.481 e. The molecular weight excluding hydrogens is 401 g/mol. The molecule has 2 atom stereocenters. The van der Waals surface area contributed by atoms with E-state index < -0.39 is 16.0 Å². The maximum atomic E-state index is 11.3. The van der Waals surface area contributed by atoms with Crippen LogP contribution in [0.1, 0.15) is 20.3 Å². The quantitative estimate of drug-likeness (QED) is 0.239. The molecule has 0 bridgehead atoms. The van der Waals surface area contributed by atoms with Crippen molar-refractivity contribution < 1.29 is 19.8 Å². The number of thiol groups is 4. The summed E-state index contributed by atoms with van der Waals surface area (Å²) >= 11 is 19.7. The topological polar surface area (TPSA) is 74.6 Å². The SMILES string of the molecule is CC(SCC(S)CS)(SCC(S)CS)C(=O)O.CCC(=O)O. The zero-order chi connectivity index (χ0) is 17.8. The lowest BCUT2D eigenvalue weighted by atomic mass is 10.5. The van der Waals surface area contributed by atoms with E-state index in [1.54, 1.807) is 13.8 Å². The maximum Gasteiger partial charge on any atom is 0.329 e. The molecule has 0 saturated carbocycles. The zero-order valence-corrected chi connectivity index (χ0v) is 17.7. The van der Waals surface area contributed by atoms with E-state index in [4.69, 9.17) is 5.11 Å². The smallest absolute Gasteiger partial charge is 0.329 e. The molecule has 2 unspecified atom stereocenters. The van der Waals surface area contributed by atoms with Crippen molar-refractivity contribution in [3.8, 4) is 0 Å². The Labute approximate surface area is 163 Å². The summed E-state index contributed by atoms with van der Waals surface area (Å²) in [7, 11) is 0. The lowest BCUT2D eigenvalue weighted by Crippen LogP contribution is -2.30. The molecule has 0 fully saturated rings. The molecule has 0 heterocycles. The Balaban J connectivity index is 0. The van der Waals surface area contributed by atoms with Crippen molar-refractivity contribution in [2.75, 3.05) is 23.0 Å². The molecule has 0 aliphatic carbocycles. The van der Waals surface area contributed by atoms with Gasteiger partial charge in [-0.05, 0) is 6.92 Å². The van der Waals surface area contributed by atoms with E-state index in [1.165, 1.54) is 23.5 Å². The van der Waals surface area contributed by atoms with Crippen LogP contribution in [-0.4, -0.2) is 59.7 Å². The molecular formula is C12H24O4S6. The van der Waals surface area contributed by atoms with Gasteiger partial charge in [0.05, 0.1) is 0 Å². The second kappa shape index (κ2) is 14.4. The summed E-state index contributed by atoms with van der Waals surface area (Å²) in [5.74, 6) is 1.06. The minimum atomic E-state index is -0.853. The lowest BCUT2D eigenvalue weighted by molar-refractivity contribution is -0.137. The van der Waals surface area contributed by atoms with E-state index in [0.717, 1.165) is 0 Å². The molecule has 0 aromatic heterocycles. The molecule has 0 aliphatic rings. The van der Waals surface area contributed by atoms with Crippen LogP contribution in [0.25, 0.3) is 0 Å². The highest BCUT2D eigenvalue weighted by atomic mass is 32.2. The maximum absolute atomic E-state index is 11.3. The van der Waals surface area contributed by atoms with Crippen LogP contribution < -0.4 is 0 Å². The molecule has 22 heavy (non-hydrogen) atoms. The Bertz CT molecular complexity index is 315. The van der Waals surface area contributed by atoms with Crippen LogP contribution in [0, 0.1) is 0 Å². The summed E-state index contributed by atoms with van der Waals surface area (Å²) in [5, 5.41) is 17.2. The summed E-state index contributed by atoms with van der Waals surface area (Å²) in [6.07, 6.45) is 0.222. The highest BCUT2D eigenvalue weighted by Gasteiger charge is 2.35. The first-order valence-corrected chi connectivity index (χ1v) is 10.7. The summed E-state index contributed by atoms with van der Waals surface area (Å²) in [6, 6.07) is 0. The van der Waals surface area contributed by atoms with Gasteiger partial charge >= 0.3 is 11.9 Å². The molecule has 0 saturated heterocycles. The Morgan fingerprint density at radius 1 is 1.05 bits per heavy atom. The Morgan fingerprint density at radius 2 is 1.36 bits per heavy atom. The van der Waals surface area contributed by atoms with Crippen LogP contribution >= 0.6 is 74.0 Å². The van der Waals surface area contributed by atoms with E-state index in [-0.39, 0.29) is 16.9 Å². The summed E-state index contributed by atoms with van der Waals surface area (Å²) in [4.78, 5) is 20.7. The zero-order valence-electron chi connectivity index (χ0n) is 12.5. The van der Waals surface area contributed by atoms with Gasteiger partial charge in [0.15, 0.2) is 4.08 Å². The fourth-order valence-corrected chi connectivity index (χ4v) is 4.08. The first-order chi connectivity index (χ1) is 10.1. The number of carboxylic acids is 2. The predicted molar refractivity (Wildman–Crippen MR) is 112 cm³/mol. The van der Waals surface area contributed by atoms with Gasteiger partial charge < -0.3 is 10.2 Å². The third-order valence-corrected chi connectivity index (χ3v) is 8.19. The average molecular weight is 425 g/mol. The molecule has 132 valence electrons. The predicted octanol–water partition coefficient (Wildman–Crippen LogP) is 3.19. The van der Waals surface area contributed by atoms with Crippen molar-refractivity contribution in [1.29, 1.82) is 0 Å². The van der Waals surface area contributed by atoms with Crippen molar-refractivity contribution in [3.05, 3.63) is 0 Å². The second-order valence-electron chi connectivity index (χ2n) is 4.29. The molecule has 0 spiro atoms. The molecule has 0 aliphatic heterocycles. The third kappa shape index (κ3) is 13.5. The molecule has 4 nitrogen and oxygen atoms in total. The Hall–Kier alpha value is 1.04. The molecule has 10 heteroatoms. The number of hydrogen-bond donors (Lipinski definition) is 6. The van der Waals surface area contributed by atoms with Gasteiger partial charge in [0, 0.05) is 39.9 Å². The van der Waals surface area contributed by atoms with Gasteiger partial charge in [0.2, 0.25) is 0 Å². The summed E-state index contributed by atoms with van der Waals surface area (Å²) in [5.41, 5.74) is 0. The van der Waals surface area contributed by atoms with Crippen LogP contribution in [-0.2, 0) is 9.59 Å². The highest BCUT2D eigenvalue weighted by molar-refractivity contribution is 8.19. The van der Waals surface area contributed by atoms with Crippen molar-refractivity contribution in [1.82, 2.24) is 0 Å². The lowest BCUT2D eigenvalue weighted by Gasteiger charge is -2.25. The minimum absolute atomic E-state index is 0.110. The third-order valence-electron chi connectivity index (χ3n) is 2.21. The first-order valence-electron chi connectivity index (χ1n) is 6.43. The molecule has 0 rings (SSSR count). The van der Waals surface area contributed by atoms with Crippen molar-refractivity contribution in [2.24, 2.45) is 0 Å². The number of hydrogen-bond acceptors (Lipinski definition) is 8. The first kappa shape index (κ1) is 25.3. The summed E-state index contributed by atoms with van der Waals surface area (Å²) < 4.78 is -0.853. The fourth-order valence-electron chi connectivity index (χ4n) is 0.781. The van der Waals surface area contributed by atoms with Crippen LogP contribution in [0.3, 0.4) is 0 Å². The van der Waals surface area contributed by atoms with Crippen LogP contribution in [0.2, 0.25) is 0 Å². The van der Waals surface area contributed by atoms with E-state index in [0.29, 0.717) is 23.0 Å². The van der Waals surface area contributed by atoms with Gasteiger partial charge in [-0.25, -0.2) is 4.79 Å². The van der Waals surface area contributed by atoms with E-state index in [2.05, 4.69) is 50.5 Å². The monoisotopic (exact) mass is 424 g/mol. The number of carbonyl (C=O) groups is 2. The van der Waals surface area contributed by atoms with Crippen LogP contribution in [0.4, 0.5) is 0 Å². The molecule has 0 aromatic carbocycles. The number of rotatable bonds is 10. The normalized spacial score (nSPS) is 15.9. The average Bonchev–Trinajstić information content (AvgIpc) is 2.50. The van der Waals surface area contributed by atoms with Crippen molar-refractivity contribution in [3.63, 3.8) is 0 Å². The molecule has 2 N–H and O–H groups in total. The standard InChI is InChI=1S/C9H18O2S6.C3H6O2/c1-9(8(10)11,16-4-6(14)2-12)17-5-7(15)3-13;1-2-3(4)5/h6-7,12-15H,2-5H2,1H3,(H,10,11);2H2,1H3,(H,4,5). The van der Waals surface area contributed by atoms with Crippen molar-refractivity contribution in [2.45, 2.75) is 34.8 Å². The second-order valence-corrected chi connectivity index (χ2v) is 9.62.